The highest BCUT2D eigenvalue weighted by Gasteiger charge is 2.27. The summed E-state index contributed by atoms with van der Waals surface area (Å²) in [6.45, 7) is 5.74. The predicted molar refractivity (Wildman–Crippen MR) is 103 cm³/mol. The number of nitrogens with zero attached hydrogens (tertiary/aromatic N) is 2. The number of amides is 2. The molecule has 10 heteroatoms. The van der Waals surface area contributed by atoms with Crippen molar-refractivity contribution in [2.24, 2.45) is 11.7 Å². The Kier molecular flexibility index (Phi) is 6.98. The molecule has 1 unspecified atom stereocenters. The minimum Gasteiger partial charge on any atom is -0.462 e. The Balaban J connectivity index is 2.22. The summed E-state index contributed by atoms with van der Waals surface area (Å²) < 4.78 is 6.72. The van der Waals surface area contributed by atoms with Crippen LogP contribution in [0.4, 0.5) is 5.00 Å². The third kappa shape index (κ3) is 5.08. The van der Waals surface area contributed by atoms with Crippen molar-refractivity contribution in [3.63, 3.8) is 0 Å². The summed E-state index contributed by atoms with van der Waals surface area (Å²) in [6, 6.07) is 0. The Morgan fingerprint density at radius 2 is 2.15 bits per heavy atom. The number of primary amides is 1. The Morgan fingerprint density at radius 1 is 1.44 bits per heavy atom. The largest absolute Gasteiger partial charge is 0.462 e. The van der Waals surface area contributed by atoms with E-state index in [9.17, 15) is 14.4 Å². The highest BCUT2D eigenvalue weighted by atomic mass is 35.5. The standard InChI is InChI=1S/C17H21ClN4O4S/c1-4-5-26-17(25)12-10(3)13(14(19)23)27-16(12)21-15(24)9(2)7-22-8-11(18)6-20-22/h6,8-9H,4-5,7H2,1-3H3,(H2,19,23)(H,21,24). The van der Waals surface area contributed by atoms with Gasteiger partial charge in [-0.25, -0.2) is 4.79 Å². The summed E-state index contributed by atoms with van der Waals surface area (Å²) in [5.74, 6) is -2.05. The van der Waals surface area contributed by atoms with Crippen molar-refractivity contribution in [1.29, 1.82) is 0 Å². The molecule has 146 valence electrons. The SMILES string of the molecule is CCCOC(=O)c1c(NC(=O)C(C)Cn2cc(Cl)cn2)sc(C(N)=O)c1C. The molecule has 2 amide bonds. The average molecular weight is 413 g/mol. The zero-order valence-electron chi connectivity index (χ0n) is 15.2. The maximum Gasteiger partial charge on any atom is 0.341 e. The second kappa shape index (κ2) is 9.01. The molecule has 0 fully saturated rings. The van der Waals surface area contributed by atoms with Crippen molar-refractivity contribution in [2.75, 3.05) is 11.9 Å². The Bertz CT molecular complexity index is 861. The normalized spacial score (nSPS) is 11.9. The number of carbonyl (C=O) groups excluding carboxylic acids is 3. The van der Waals surface area contributed by atoms with E-state index in [4.69, 9.17) is 22.1 Å². The topological polar surface area (TPSA) is 116 Å². The van der Waals surface area contributed by atoms with Gasteiger partial charge in [0.05, 0.1) is 40.7 Å². The second-order valence-corrected chi connectivity index (χ2v) is 7.49. The van der Waals surface area contributed by atoms with E-state index in [2.05, 4.69) is 10.4 Å². The van der Waals surface area contributed by atoms with E-state index in [0.29, 0.717) is 23.6 Å². The fraction of sp³-hybridized carbons (Fsp3) is 0.412. The van der Waals surface area contributed by atoms with E-state index in [1.807, 2.05) is 6.92 Å². The van der Waals surface area contributed by atoms with Crippen LogP contribution in [0.3, 0.4) is 0 Å². The fourth-order valence-corrected chi connectivity index (χ4v) is 3.59. The Morgan fingerprint density at radius 3 is 2.70 bits per heavy atom. The van der Waals surface area contributed by atoms with Crippen LogP contribution in [0.1, 0.15) is 45.9 Å². The Hall–Kier alpha value is -2.39. The molecule has 2 aromatic heterocycles. The molecule has 0 aliphatic rings. The fourth-order valence-electron chi connectivity index (χ4n) is 2.39. The van der Waals surface area contributed by atoms with Crippen LogP contribution in [0.15, 0.2) is 12.4 Å². The van der Waals surface area contributed by atoms with Gasteiger partial charge in [-0.05, 0) is 18.9 Å². The van der Waals surface area contributed by atoms with Gasteiger partial charge in [-0.15, -0.1) is 11.3 Å². The molecule has 2 aromatic rings. The van der Waals surface area contributed by atoms with E-state index in [1.54, 1.807) is 24.7 Å². The van der Waals surface area contributed by atoms with Crippen LogP contribution in [-0.2, 0) is 16.1 Å². The van der Waals surface area contributed by atoms with Crippen LogP contribution in [0.25, 0.3) is 0 Å². The number of aromatic nitrogens is 2. The lowest BCUT2D eigenvalue weighted by Gasteiger charge is -2.12. The first-order chi connectivity index (χ1) is 12.7. The number of ether oxygens (including phenoxy) is 1. The monoisotopic (exact) mass is 412 g/mol. The average Bonchev–Trinajstić information content (AvgIpc) is 3.15. The van der Waals surface area contributed by atoms with Crippen molar-refractivity contribution in [3.8, 4) is 0 Å². The van der Waals surface area contributed by atoms with Gasteiger partial charge < -0.3 is 15.8 Å². The number of carbonyl (C=O) groups is 3. The zero-order chi connectivity index (χ0) is 20.1. The van der Waals surface area contributed by atoms with E-state index >= 15 is 0 Å². The van der Waals surface area contributed by atoms with Gasteiger partial charge >= 0.3 is 5.97 Å². The number of thiophene rings is 1. The van der Waals surface area contributed by atoms with Gasteiger partial charge in [-0.2, -0.15) is 5.10 Å². The molecule has 0 aliphatic carbocycles. The van der Waals surface area contributed by atoms with Crippen molar-refractivity contribution < 1.29 is 19.1 Å². The summed E-state index contributed by atoms with van der Waals surface area (Å²) in [5.41, 5.74) is 5.93. The quantitative estimate of drug-likeness (QED) is 0.646. The van der Waals surface area contributed by atoms with Gasteiger partial charge in [0.25, 0.3) is 5.91 Å². The predicted octanol–water partition coefficient (Wildman–Crippen LogP) is 2.85. The van der Waals surface area contributed by atoms with Gasteiger partial charge in [-0.3, -0.25) is 14.3 Å². The number of nitrogens with two attached hydrogens (primary N) is 1. The van der Waals surface area contributed by atoms with Crippen LogP contribution < -0.4 is 11.1 Å². The number of esters is 1. The third-order valence-corrected chi connectivity index (χ3v) is 5.18. The molecule has 0 aromatic carbocycles. The highest BCUT2D eigenvalue weighted by molar-refractivity contribution is 7.18. The summed E-state index contributed by atoms with van der Waals surface area (Å²) in [5, 5.41) is 7.47. The molecular formula is C17H21ClN4O4S. The lowest BCUT2D eigenvalue weighted by Crippen LogP contribution is -2.25. The van der Waals surface area contributed by atoms with Gasteiger partial charge in [0, 0.05) is 6.20 Å². The number of halogens is 1. The van der Waals surface area contributed by atoms with Gasteiger partial charge in [-0.1, -0.05) is 25.4 Å². The van der Waals surface area contributed by atoms with Crippen LogP contribution in [-0.4, -0.2) is 34.2 Å². The molecule has 27 heavy (non-hydrogen) atoms. The molecule has 0 bridgehead atoms. The van der Waals surface area contributed by atoms with Gasteiger partial charge in [0.2, 0.25) is 5.91 Å². The number of nitrogens with one attached hydrogen (secondary N) is 1. The molecular weight excluding hydrogens is 392 g/mol. The lowest BCUT2D eigenvalue weighted by atomic mass is 10.1. The minimum atomic E-state index is -0.665. The number of anilines is 1. The highest BCUT2D eigenvalue weighted by Crippen LogP contribution is 2.34. The maximum atomic E-state index is 12.6. The molecule has 2 heterocycles. The maximum absolute atomic E-state index is 12.6. The zero-order valence-corrected chi connectivity index (χ0v) is 16.8. The van der Waals surface area contributed by atoms with Crippen molar-refractivity contribution in [2.45, 2.75) is 33.7 Å². The first kappa shape index (κ1) is 20.9. The number of rotatable bonds is 8. The first-order valence-electron chi connectivity index (χ1n) is 8.33. The van der Waals surface area contributed by atoms with Crippen molar-refractivity contribution in [1.82, 2.24) is 9.78 Å². The Labute approximate surface area is 165 Å². The molecule has 2 rings (SSSR count). The summed E-state index contributed by atoms with van der Waals surface area (Å²) in [7, 11) is 0. The van der Waals surface area contributed by atoms with E-state index in [1.165, 1.54) is 6.20 Å². The summed E-state index contributed by atoms with van der Waals surface area (Å²) in [4.78, 5) is 36.8. The summed E-state index contributed by atoms with van der Waals surface area (Å²) >= 11 is 6.78. The van der Waals surface area contributed by atoms with Gasteiger partial charge in [0.15, 0.2) is 0 Å². The molecule has 8 nitrogen and oxygen atoms in total. The van der Waals surface area contributed by atoms with E-state index in [-0.39, 0.29) is 28.0 Å². The summed E-state index contributed by atoms with van der Waals surface area (Å²) in [6.07, 6.45) is 3.75. The minimum absolute atomic E-state index is 0.157. The van der Waals surface area contributed by atoms with Crippen LogP contribution in [0.2, 0.25) is 5.02 Å². The van der Waals surface area contributed by atoms with Crippen molar-refractivity contribution in [3.05, 3.63) is 33.4 Å². The molecule has 3 N–H and O–H groups in total. The van der Waals surface area contributed by atoms with E-state index < -0.39 is 17.8 Å². The first-order valence-corrected chi connectivity index (χ1v) is 9.53. The third-order valence-electron chi connectivity index (χ3n) is 3.76. The smallest absolute Gasteiger partial charge is 0.341 e. The molecule has 0 radical (unpaired) electrons. The number of hydrogen-bond acceptors (Lipinski definition) is 6. The second-order valence-electron chi connectivity index (χ2n) is 6.03. The van der Waals surface area contributed by atoms with Crippen LogP contribution >= 0.6 is 22.9 Å². The molecule has 0 spiro atoms. The van der Waals surface area contributed by atoms with Crippen molar-refractivity contribution >= 4 is 45.7 Å². The molecule has 1 atom stereocenters. The van der Waals surface area contributed by atoms with Crippen LogP contribution in [0.5, 0.6) is 0 Å². The molecule has 0 saturated carbocycles. The van der Waals surface area contributed by atoms with Gasteiger partial charge in [0.1, 0.15) is 5.00 Å². The number of hydrogen-bond donors (Lipinski definition) is 2. The van der Waals surface area contributed by atoms with E-state index in [0.717, 1.165) is 11.3 Å². The van der Waals surface area contributed by atoms with Crippen LogP contribution in [0, 0.1) is 12.8 Å². The lowest BCUT2D eigenvalue weighted by molar-refractivity contribution is -0.119. The molecule has 0 saturated heterocycles. The molecule has 0 aliphatic heterocycles.